The molecule has 1 heterocycles. The first-order valence-electron chi connectivity index (χ1n) is 7.90. The molecule has 0 aliphatic carbocycles. The van der Waals surface area contributed by atoms with Crippen LogP contribution < -0.4 is 10.1 Å². The molecule has 118 valence electrons. The quantitative estimate of drug-likeness (QED) is 0.711. The van der Waals surface area contributed by atoms with E-state index in [0.717, 1.165) is 31.7 Å². The molecule has 0 saturated carbocycles. The average molecular weight is 293 g/mol. The van der Waals surface area contributed by atoms with E-state index in [4.69, 9.17) is 14.2 Å². The van der Waals surface area contributed by atoms with Gasteiger partial charge in [-0.1, -0.05) is 25.1 Å². The van der Waals surface area contributed by atoms with Gasteiger partial charge in [0.15, 0.2) is 0 Å². The van der Waals surface area contributed by atoms with Crippen LogP contribution >= 0.6 is 0 Å². The minimum atomic E-state index is 0.275. The standard InChI is InChI=1S/C17H27NO3/c1-3-18-16(13-14-7-6-10-20-14)15-8-4-5-9-17(15)21-12-11-19-2/h4-5,8-9,14,16,18H,3,6-7,10-13H2,1-2H3. The molecule has 21 heavy (non-hydrogen) atoms. The topological polar surface area (TPSA) is 39.7 Å². The van der Waals surface area contributed by atoms with Crippen LogP contribution in [-0.4, -0.2) is 39.6 Å². The molecule has 1 aliphatic rings. The van der Waals surface area contributed by atoms with Gasteiger partial charge in [0, 0.05) is 25.3 Å². The summed E-state index contributed by atoms with van der Waals surface area (Å²) in [6.45, 7) is 5.15. The Bertz CT molecular complexity index is 405. The smallest absolute Gasteiger partial charge is 0.124 e. The molecule has 1 aromatic rings. The van der Waals surface area contributed by atoms with E-state index in [0.29, 0.717) is 19.3 Å². The maximum Gasteiger partial charge on any atom is 0.124 e. The van der Waals surface area contributed by atoms with Gasteiger partial charge in [-0.15, -0.1) is 0 Å². The van der Waals surface area contributed by atoms with Crippen LogP contribution in [0.4, 0.5) is 0 Å². The van der Waals surface area contributed by atoms with Crippen LogP contribution in [0.25, 0.3) is 0 Å². The van der Waals surface area contributed by atoms with Gasteiger partial charge in [0.1, 0.15) is 12.4 Å². The first-order valence-corrected chi connectivity index (χ1v) is 7.90. The fourth-order valence-corrected chi connectivity index (χ4v) is 2.79. The highest BCUT2D eigenvalue weighted by molar-refractivity contribution is 5.36. The number of hydrogen-bond donors (Lipinski definition) is 1. The predicted octanol–water partition coefficient (Wildman–Crippen LogP) is 2.93. The minimum absolute atomic E-state index is 0.275. The van der Waals surface area contributed by atoms with Crippen LogP contribution in [0.1, 0.15) is 37.8 Å². The maximum atomic E-state index is 5.86. The van der Waals surface area contributed by atoms with E-state index in [-0.39, 0.29) is 6.04 Å². The van der Waals surface area contributed by atoms with Gasteiger partial charge in [-0.05, 0) is 31.9 Å². The highest BCUT2D eigenvalue weighted by Crippen LogP contribution is 2.31. The Kier molecular flexibility index (Phi) is 7.00. The van der Waals surface area contributed by atoms with Crippen LogP contribution in [0.2, 0.25) is 0 Å². The van der Waals surface area contributed by atoms with Crippen molar-refractivity contribution in [2.75, 3.05) is 33.5 Å². The largest absolute Gasteiger partial charge is 0.491 e. The molecule has 4 heteroatoms. The lowest BCUT2D eigenvalue weighted by Gasteiger charge is -2.24. The summed E-state index contributed by atoms with van der Waals surface area (Å²) < 4.78 is 16.7. The summed E-state index contributed by atoms with van der Waals surface area (Å²) in [5.41, 5.74) is 1.21. The zero-order valence-electron chi connectivity index (χ0n) is 13.1. The molecule has 2 unspecified atom stereocenters. The van der Waals surface area contributed by atoms with Crippen molar-refractivity contribution in [3.63, 3.8) is 0 Å². The molecule has 1 fully saturated rings. The normalized spacial score (nSPS) is 19.6. The third-order valence-corrected chi connectivity index (χ3v) is 3.81. The SMILES string of the molecule is CCNC(CC1CCCO1)c1ccccc1OCCOC. The number of methoxy groups -OCH3 is 1. The first-order chi connectivity index (χ1) is 10.3. The van der Waals surface area contributed by atoms with Crippen molar-refractivity contribution in [1.82, 2.24) is 5.32 Å². The van der Waals surface area contributed by atoms with Crippen LogP contribution in [-0.2, 0) is 9.47 Å². The number of benzene rings is 1. The lowest BCUT2D eigenvalue weighted by Crippen LogP contribution is -2.26. The lowest BCUT2D eigenvalue weighted by atomic mass is 9.98. The van der Waals surface area contributed by atoms with Crippen molar-refractivity contribution in [2.24, 2.45) is 0 Å². The molecule has 2 rings (SSSR count). The molecule has 4 nitrogen and oxygen atoms in total. The molecule has 1 aliphatic heterocycles. The summed E-state index contributed by atoms with van der Waals surface area (Å²) in [6.07, 6.45) is 3.70. The van der Waals surface area contributed by atoms with Gasteiger partial charge in [-0.3, -0.25) is 0 Å². The maximum absolute atomic E-state index is 5.86. The zero-order chi connectivity index (χ0) is 14.9. The Morgan fingerprint density at radius 2 is 2.19 bits per heavy atom. The van der Waals surface area contributed by atoms with Gasteiger partial charge in [0.2, 0.25) is 0 Å². The number of ether oxygens (including phenoxy) is 3. The molecule has 2 atom stereocenters. The van der Waals surface area contributed by atoms with Gasteiger partial charge in [-0.2, -0.15) is 0 Å². The highest BCUT2D eigenvalue weighted by atomic mass is 16.5. The fourth-order valence-electron chi connectivity index (χ4n) is 2.79. The van der Waals surface area contributed by atoms with E-state index < -0.39 is 0 Å². The summed E-state index contributed by atoms with van der Waals surface area (Å²) in [7, 11) is 1.69. The van der Waals surface area contributed by atoms with Crippen LogP contribution in [0.3, 0.4) is 0 Å². The Morgan fingerprint density at radius 3 is 2.90 bits per heavy atom. The van der Waals surface area contributed by atoms with E-state index in [1.54, 1.807) is 7.11 Å². The summed E-state index contributed by atoms with van der Waals surface area (Å²) in [5.74, 6) is 0.943. The van der Waals surface area contributed by atoms with Crippen molar-refractivity contribution in [1.29, 1.82) is 0 Å². The Morgan fingerprint density at radius 1 is 1.33 bits per heavy atom. The lowest BCUT2D eigenvalue weighted by molar-refractivity contribution is 0.0940. The van der Waals surface area contributed by atoms with Gasteiger partial charge >= 0.3 is 0 Å². The molecular weight excluding hydrogens is 266 g/mol. The average Bonchev–Trinajstić information content (AvgIpc) is 3.01. The van der Waals surface area contributed by atoms with E-state index >= 15 is 0 Å². The van der Waals surface area contributed by atoms with E-state index in [1.807, 2.05) is 12.1 Å². The monoisotopic (exact) mass is 293 g/mol. The number of nitrogens with one attached hydrogen (secondary N) is 1. The summed E-state index contributed by atoms with van der Waals surface area (Å²) in [6, 6.07) is 8.53. The minimum Gasteiger partial charge on any atom is -0.491 e. The van der Waals surface area contributed by atoms with Gasteiger partial charge in [0.05, 0.1) is 12.7 Å². The molecule has 1 saturated heterocycles. The third kappa shape index (κ3) is 4.99. The second-order valence-corrected chi connectivity index (χ2v) is 5.36. The molecular formula is C17H27NO3. The third-order valence-electron chi connectivity index (χ3n) is 3.81. The Hall–Kier alpha value is -1.10. The van der Waals surface area contributed by atoms with E-state index in [9.17, 15) is 0 Å². The van der Waals surface area contributed by atoms with Gasteiger partial charge < -0.3 is 19.5 Å². The van der Waals surface area contributed by atoms with Crippen molar-refractivity contribution in [2.45, 2.75) is 38.3 Å². The number of rotatable bonds is 9. The molecule has 1 aromatic carbocycles. The summed E-state index contributed by atoms with van der Waals surface area (Å²) in [4.78, 5) is 0. The van der Waals surface area contributed by atoms with Crippen molar-refractivity contribution in [3.05, 3.63) is 29.8 Å². The molecule has 0 bridgehead atoms. The van der Waals surface area contributed by atoms with Gasteiger partial charge in [0.25, 0.3) is 0 Å². The summed E-state index contributed by atoms with van der Waals surface area (Å²) in [5, 5.41) is 3.57. The molecule has 0 radical (unpaired) electrons. The number of para-hydroxylation sites is 1. The Balaban J connectivity index is 2.06. The van der Waals surface area contributed by atoms with E-state index in [2.05, 4.69) is 24.4 Å². The summed E-state index contributed by atoms with van der Waals surface area (Å²) >= 11 is 0. The Labute approximate surface area is 127 Å². The molecule has 1 N–H and O–H groups in total. The first kappa shape index (κ1) is 16.3. The molecule has 0 amide bonds. The van der Waals surface area contributed by atoms with Crippen molar-refractivity contribution in [3.8, 4) is 5.75 Å². The van der Waals surface area contributed by atoms with Crippen molar-refractivity contribution >= 4 is 0 Å². The van der Waals surface area contributed by atoms with Crippen LogP contribution in [0.15, 0.2) is 24.3 Å². The molecule has 0 spiro atoms. The van der Waals surface area contributed by atoms with Gasteiger partial charge in [-0.25, -0.2) is 0 Å². The second kappa shape index (κ2) is 9.03. The second-order valence-electron chi connectivity index (χ2n) is 5.36. The van der Waals surface area contributed by atoms with Crippen LogP contribution in [0.5, 0.6) is 5.75 Å². The van der Waals surface area contributed by atoms with Crippen molar-refractivity contribution < 1.29 is 14.2 Å². The number of hydrogen-bond acceptors (Lipinski definition) is 4. The van der Waals surface area contributed by atoms with E-state index in [1.165, 1.54) is 12.0 Å². The predicted molar refractivity (Wildman–Crippen MR) is 83.8 cm³/mol. The zero-order valence-corrected chi connectivity index (χ0v) is 13.1. The van der Waals surface area contributed by atoms with Crippen LogP contribution in [0, 0.1) is 0 Å². The highest BCUT2D eigenvalue weighted by Gasteiger charge is 2.23. The fraction of sp³-hybridized carbons (Fsp3) is 0.647. The molecule has 0 aromatic heterocycles.